The average molecular weight is 341 g/mol. The maximum atomic E-state index is 12.9. The second kappa shape index (κ2) is 6.72. The highest BCUT2D eigenvalue weighted by Crippen LogP contribution is 2.18. The third-order valence-corrected chi connectivity index (χ3v) is 4.04. The van der Waals surface area contributed by atoms with E-state index >= 15 is 0 Å². The lowest BCUT2D eigenvalue weighted by Crippen LogP contribution is -2.09. The molecule has 0 N–H and O–H groups in total. The van der Waals surface area contributed by atoms with Gasteiger partial charge in [-0.1, -0.05) is 0 Å². The highest BCUT2D eigenvalue weighted by atomic mass is 32.1. The molecule has 0 bridgehead atoms. The van der Waals surface area contributed by atoms with E-state index in [0.717, 1.165) is 5.01 Å². The number of hydrogen-bond acceptors (Lipinski definition) is 5. The molecule has 0 fully saturated rings. The number of thiazole rings is 1. The number of halogens is 1. The Labute approximate surface area is 141 Å². The molecule has 1 aromatic heterocycles. The van der Waals surface area contributed by atoms with Gasteiger partial charge in [-0.3, -0.25) is 4.79 Å². The van der Waals surface area contributed by atoms with E-state index in [1.165, 1.54) is 47.7 Å². The van der Waals surface area contributed by atoms with Crippen LogP contribution in [0.5, 0.6) is 5.75 Å². The summed E-state index contributed by atoms with van der Waals surface area (Å²) in [6, 6.07) is 11.5. The van der Waals surface area contributed by atoms with Crippen LogP contribution in [0.2, 0.25) is 0 Å². The van der Waals surface area contributed by atoms with Gasteiger partial charge >= 0.3 is 5.97 Å². The van der Waals surface area contributed by atoms with Crippen LogP contribution < -0.4 is 4.74 Å². The van der Waals surface area contributed by atoms with Gasteiger partial charge in [0.05, 0.1) is 5.01 Å². The maximum absolute atomic E-state index is 12.9. The minimum Gasteiger partial charge on any atom is -0.422 e. The summed E-state index contributed by atoms with van der Waals surface area (Å²) < 4.78 is 18.1. The molecule has 0 aliphatic heterocycles. The lowest BCUT2D eigenvalue weighted by molar-refractivity contribution is 0.0729. The van der Waals surface area contributed by atoms with E-state index in [1.54, 1.807) is 24.4 Å². The molecule has 0 spiro atoms. The van der Waals surface area contributed by atoms with Gasteiger partial charge < -0.3 is 4.74 Å². The van der Waals surface area contributed by atoms with Crippen molar-refractivity contribution in [2.45, 2.75) is 6.92 Å². The molecule has 6 heteroatoms. The highest BCUT2D eigenvalue weighted by molar-refractivity contribution is 7.09. The number of esters is 1. The summed E-state index contributed by atoms with van der Waals surface area (Å²) in [5, 5.41) is 2.41. The van der Waals surface area contributed by atoms with Crippen molar-refractivity contribution >= 4 is 23.1 Å². The Balaban J connectivity index is 1.72. The monoisotopic (exact) mass is 341 g/mol. The van der Waals surface area contributed by atoms with Crippen molar-refractivity contribution in [2.24, 2.45) is 0 Å². The predicted octanol–water partition coefficient (Wildman–Crippen LogP) is 4.04. The smallest absolute Gasteiger partial charge is 0.363 e. The number of rotatable bonds is 4. The van der Waals surface area contributed by atoms with Crippen molar-refractivity contribution in [1.82, 2.24) is 4.98 Å². The number of ketones is 1. The topological polar surface area (TPSA) is 56.3 Å². The van der Waals surface area contributed by atoms with Gasteiger partial charge in [0.15, 0.2) is 11.5 Å². The number of benzene rings is 2. The molecule has 0 saturated heterocycles. The highest BCUT2D eigenvalue weighted by Gasteiger charge is 2.13. The molecule has 0 aliphatic carbocycles. The first-order chi connectivity index (χ1) is 11.5. The molecule has 3 rings (SSSR count). The first-order valence-corrected chi connectivity index (χ1v) is 7.95. The maximum Gasteiger partial charge on any atom is 0.363 e. The fourth-order valence-electron chi connectivity index (χ4n) is 2.06. The quantitative estimate of drug-likeness (QED) is 0.408. The second-order valence-corrected chi connectivity index (χ2v) is 6.06. The van der Waals surface area contributed by atoms with E-state index in [9.17, 15) is 14.0 Å². The molecular formula is C18H12FNO3S. The number of aryl methyl sites for hydroxylation is 1. The standard InChI is InChI=1S/C18H12FNO3S/c1-11-20-16(10-24-11)18(22)23-15-8-4-13(5-9-15)17(21)12-2-6-14(19)7-3-12/h2-10H,1H3. The van der Waals surface area contributed by atoms with E-state index in [0.29, 0.717) is 16.9 Å². The lowest BCUT2D eigenvalue weighted by atomic mass is 10.0. The molecule has 3 aromatic rings. The molecule has 0 saturated carbocycles. The Hall–Kier alpha value is -2.86. The Kier molecular flexibility index (Phi) is 4.48. The fraction of sp³-hybridized carbons (Fsp3) is 0.0556. The molecule has 24 heavy (non-hydrogen) atoms. The molecule has 0 aliphatic rings. The van der Waals surface area contributed by atoms with Gasteiger partial charge in [-0.15, -0.1) is 11.3 Å². The van der Waals surface area contributed by atoms with E-state index in [2.05, 4.69) is 4.98 Å². The molecule has 120 valence electrons. The summed E-state index contributed by atoms with van der Waals surface area (Å²) in [7, 11) is 0. The van der Waals surface area contributed by atoms with Crippen LogP contribution in [0.25, 0.3) is 0 Å². The minimum atomic E-state index is -0.544. The van der Waals surface area contributed by atoms with Crippen molar-refractivity contribution < 1.29 is 18.7 Å². The number of ether oxygens (including phenoxy) is 1. The van der Waals surface area contributed by atoms with Gasteiger partial charge in [0, 0.05) is 16.5 Å². The number of carbonyl (C=O) groups is 2. The Morgan fingerprint density at radius 1 is 1.00 bits per heavy atom. The van der Waals surface area contributed by atoms with Gasteiger partial charge in [-0.05, 0) is 55.5 Å². The predicted molar refractivity (Wildman–Crippen MR) is 88.1 cm³/mol. The lowest BCUT2D eigenvalue weighted by Gasteiger charge is -2.04. The molecular weight excluding hydrogens is 329 g/mol. The summed E-state index contributed by atoms with van der Waals surface area (Å²) in [4.78, 5) is 28.3. The van der Waals surface area contributed by atoms with Crippen molar-refractivity contribution in [3.05, 3.63) is 81.6 Å². The van der Waals surface area contributed by atoms with Gasteiger partial charge in [0.2, 0.25) is 0 Å². The Morgan fingerprint density at radius 2 is 1.58 bits per heavy atom. The number of aromatic nitrogens is 1. The molecule has 0 atom stereocenters. The zero-order valence-corrected chi connectivity index (χ0v) is 13.5. The summed E-state index contributed by atoms with van der Waals surface area (Å²) >= 11 is 1.36. The average Bonchev–Trinajstić information content (AvgIpc) is 3.02. The molecule has 2 aromatic carbocycles. The van der Waals surface area contributed by atoms with Crippen LogP contribution in [0.3, 0.4) is 0 Å². The molecule has 0 radical (unpaired) electrons. The Morgan fingerprint density at radius 3 is 2.12 bits per heavy atom. The molecule has 0 amide bonds. The van der Waals surface area contributed by atoms with Gasteiger partial charge in [0.1, 0.15) is 11.6 Å². The van der Waals surface area contributed by atoms with Crippen LogP contribution in [0.4, 0.5) is 4.39 Å². The van der Waals surface area contributed by atoms with Crippen LogP contribution in [0.15, 0.2) is 53.9 Å². The van der Waals surface area contributed by atoms with Crippen LogP contribution in [-0.2, 0) is 0 Å². The normalized spacial score (nSPS) is 10.4. The van der Waals surface area contributed by atoms with Crippen molar-refractivity contribution in [1.29, 1.82) is 0 Å². The SMILES string of the molecule is Cc1nc(C(=O)Oc2ccc(C(=O)c3ccc(F)cc3)cc2)cs1. The van der Waals surface area contributed by atoms with E-state index < -0.39 is 11.8 Å². The van der Waals surface area contributed by atoms with Crippen LogP contribution in [0.1, 0.15) is 31.4 Å². The van der Waals surface area contributed by atoms with E-state index in [-0.39, 0.29) is 11.5 Å². The number of hydrogen-bond donors (Lipinski definition) is 0. The summed E-state index contributed by atoms with van der Waals surface area (Å²) in [5.74, 6) is -0.854. The van der Waals surface area contributed by atoms with Crippen LogP contribution >= 0.6 is 11.3 Å². The first-order valence-electron chi connectivity index (χ1n) is 7.07. The largest absolute Gasteiger partial charge is 0.422 e. The van der Waals surface area contributed by atoms with Gasteiger partial charge in [-0.25, -0.2) is 14.2 Å². The van der Waals surface area contributed by atoms with Gasteiger partial charge in [-0.2, -0.15) is 0 Å². The number of nitrogens with zero attached hydrogens (tertiary/aromatic N) is 1. The molecule has 4 nitrogen and oxygen atoms in total. The van der Waals surface area contributed by atoms with E-state index in [4.69, 9.17) is 4.74 Å². The zero-order chi connectivity index (χ0) is 17.1. The molecule has 0 unspecified atom stereocenters. The van der Waals surface area contributed by atoms with Gasteiger partial charge in [0.25, 0.3) is 0 Å². The van der Waals surface area contributed by atoms with Crippen molar-refractivity contribution in [2.75, 3.05) is 0 Å². The van der Waals surface area contributed by atoms with Crippen LogP contribution in [0, 0.1) is 12.7 Å². The summed E-state index contributed by atoms with van der Waals surface area (Å²) in [5.41, 5.74) is 1.06. The third-order valence-electron chi connectivity index (χ3n) is 3.26. The first kappa shape index (κ1) is 16.0. The third kappa shape index (κ3) is 3.55. The zero-order valence-electron chi connectivity index (χ0n) is 12.7. The minimum absolute atomic E-state index is 0.233. The molecule has 1 heterocycles. The van der Waals surface area contributed by atoms with Crippen LogP contribution in [-0.4, -0.2) is 16.7 Å². The van der Waals surface area contributed by atoms with Crippen molar-refractivity contribution in [3.63, 3.8) is 0 Å². The van der Waals surface area contributed by atoms with Crippen molar-refractivity contribution in [3.8, 4) is 5.75 Å². The van der Waals surface area contributed by atoms with E-state index in [1.807, 2.05) is 0 Å². The second-order valence-electron chi connectivity index (χ2n) is 5.00. The Bertz CT molecular complexity index is 885. The number of carbonyl (C=O) groups excluding carboxylic acids is 2. The fourth-order valence-corrected chi connectivity index (χ4v) is 2.64. The summed E-state index contributed by atoms with van der Waals surface area (Å²) in [6.07, 6.45) is 0. The summed E-state index contributed by atoms with van der Waals surface area (Å²) in [6.45, 7) is 1.80.